The molecule has 0 unspecified atom stereocenters. The van der Waals surface area contributed by atoms with Crippen molar-refractivity contribution in [2.75, 3.05) is 5.32 Å². The molecule has 22 heavy (non-hydrogen) atoms. The molecule has 8 nitrogen and oxygen atoms in total. The molecule has 0 radical (unpaired) electrons. The smallest absolute Gasteiger partial charge is 0.350 e. The van der Waals surface area contributed by atoms with E-state index in [4.69, 9.17) is 9.47 Å². The first-order valence-corrected chi connectivity index (χ1v) is 7.15. The van der Waals surface area contributed by atoms with Crippen LogP contribution < -0.4 is 5.32 Å². The van der Waals surface area contributed by atoms with Gasteiger partial charge in [-0.1, -0.05) is 0 Å². The van der Waals surface area contributed by atoms with Gasteiger partial charge in [-0.2, -0.15) is 0 Å². The van der Waals surface area contributed by atoms with Crippen molar-refractivity contribution in [3.63, 3.8) is 0 Å². The molecule has 0 spiro atoms. The van der Waals surface area contributed by atoms with Crippen molar-refractivity contribution in [3.8, 4) is 0 Å². The van der Waals surface area contributed by atoms with Gasteiger partial charge in [-0.15, -0.1) is 0 Å². The molecule has 0 atom stereocenters. The molecule has 1 N–H and O–H groups in total. The summed E-state index contributed by atoms with van der Waals surface area (Å²) < 4.78 is 10.3. The molecular formula is C13H11IN2O6. The number of benzene rings is 1. The minimum absolute atomic E-state index is 0.0843. The Balaban J connectivity index is 2.22. The van der Waals surface area contributed by atoms with Crippen molar-refractivity contribution in [1.82, 2.24) is 0 Å². The number of nitro benzene ring substituents is 1. The standard InChI is InChI=1S/C13H11IN2O6/c1-13(2)21-11(17)8(12(18)22-13)6-15-7-3-4-9(14)10(5-7)16(19)20/h3-6,15H,1-2H3. The lowest BCUT2D eigenvalue weighted by atomic mass is 10.2. The van der Waals surface area contributed by atoms with Crippen LogP contribution in [0.25, 0.3) is 0 Å². The van der Waals surface area contributed by atoms with Crippen molar-refractivity contribution in [3.05, 3.63) is 43.7 Å². The van der Waals surface area contributed by atoms with Gasteiger partial charge in [0.25, 0.3) is 11.5 Å². The fourth-order valence-electron chi connectivity index (χ4n) is 1.68. The van der Waals surface area contributed by atoms with Gasteiger partial charge in [0.15, 0.2) is 5.57 Å². The SMILES string of the molecule is CC1(C)OC(=O)C(=CNc2ccc(I)c([N+](=O)[O-])c2)C(=O)O1. The zero-order chi connectivity index (χ0) is 16.5. The van der Waals surface area contributed by atoms with E-state index in [9.17, 15) is 19.7 Å². The predicted molar refractivity (Wildman–Crippen MR) is 83.8 cm³/mol. The fraction of sp³-hybridized carbons (Fsp3) is 0.231. The zero-order valence-corrected chi connectivity index (χ0v) is 13.7. The first-order valence-electron chi connectivity index (χ1n) is 6.07. The van der Waals surface area contributed by atoms with Gasteiger partial charge in [-0.25, -0.2) is 9.59 Å². The lowest BCUT2D eigenvalue weighted by molar-refractivity contribution is -0.385. The topological polar surface area (TPSA) is 108 Å². The number of carbonyl (C=O) groups is 2. The number of ether oxygens (including phenoxy) is 2. The molecule has 0 amide bonds. The normalized spacial score (nSPS) is 16.6. The van der Waals surface area contributed by atoms with Gasteiger partial charge < -0.3 is 14.8 Å². The van der Waals surface area contributed by atoms with E-state index in [2.05, 4.69) is 5.32 Å². The molecule has 1 saturated heterocycles. The number of rotatable bonds is 3. The van der Waals surface area contributed by atoms with Crippen LogP contribution in [0.15, 0.2) is 30.0 Å². The quantitative estimate of drug-likeness (QED) is 0.201. The van der Waals surface area contributed by atoms with Gasteiger partial charge in [0.05, 0.1) is 8.49 Å². The van der Waals surface area contributed by atoms with Gasteiger partial charge in [-0.3, -0.25) is 10.1 Å². The third kappa shape index (κ3) is 3.53. The van der Waals surface area contributed by atoms with E-state index >= 15 is 0 Å². The third-order valence-corrected chi connectivity index (χ3v) is 3.56. The first kappa shape index (κ1) is 16.2. The van der Waals surface area contributed by atoms with E-state index < -0.39 is 22.6 Å². The van der Waals surface area contributed by atoms with Crippen LogP contribution in [0.4, 0.5) is 11.4 Å². The van der Waals surface area contributed by atoms with Crippen LogP contribution in [0.3, 0.4) is 0 Å². The van der Waals surface area contributed by atoms with Crippen LogP contribution in [-0.4, -0.2) is 22.6 Å². The van der Waals surface area contributed by atoms with Crippen molar-refractivity contribution < 1.29 is 24.0 Å². The Labute approximate surface area is 138 Å². The largest absolute Gasteiger partial charge is 0.419 e. The summed E-state index contributed by atoms with van der Waals surface area (Å²) >= 11 is 1.84. The van der Waals surface area contributed by atoms with Crippen LogP contribution >= 0.6 is 22.6 Å². The Bertz CT molecular complexity index is 676. The average Bonchev–Trinajstić information content (AvgIpc) is 2.37. The molecule has 1 aromatic carbocycles. The Morgan fingerprint density at radius 3 is 2.41 bits per heavy atom. The maximum absolute atomic E-state index is 11.7. The van der Waals surface area contributed by atoms with Crippen LogP contribution in [0.2, 0.25) is 0 Å². The van der Waals surface area contributed by atoms with Crippen LogP contribution in [0, 0.1) is 13.7 Å². The van der Waals surface area contributed by atoms with Gasteiger partial charge in [0.1, 0.15) is 0 Å². The molecule has 2 rings (SSSR count). The van der Waals surface area contributed by atoms with Crippen LogP contribution in [-0.2, 0) is 19.1 Å². The highest BCUT2D eigenvalue weighted by molar-refractivity contribution is 14.1. The minimum Gasteiger partial charge on any atom is -0.419 e. The van der Waals surface area contributed by atoms with E-state index in [-0.39, 0.29) is 11.3 Å². The van der Waals surface area contributed by atoms with Crippen molar-refractivity contribution in [1.29, 1.82) is 0 Å². The second-order valence-corrected chi connectivity index (χ2v) is 5.97. The number of hydrogen-bond donors (Lipinski definition) is 1. The molecule has 9 heteroatoms. The number of nitrogens with zero attached hydrogens (tertiary/aromatic N) is 1. The summed E-state index contributed by atoms with van der Waals surface area (Å²) in [7, 11) is 0. The molecule has 1 aromatic rings. The first-order chi connectivity index (χ1) is 10.2. The molecule has 1 heterocycles. The van der Waals surface area contributed by atoms with Gasteiger partial charge >= 0.3 is 11.9 Å². The van der Waals surface area contributed by atoms with Gasteiger partial charge in [0.2, 0.25) is 0 Å². The summed E-state index contributed by atoms with van der Waals surface area (Å²) in [5, 5.41) is 13.5. The lowest BCUT2D eigenvalue weighted by Crippen LogP contribution is -2.42. The second kappa shape index (κ2) is 5.91. The molecule has 1 fully saturated rings. The molecule has 116 valence electrons. The second-order valence-electron chi connectivity index (χ2n) is 4.80. The van der Waals surface area contributed by atoms with Crippen LogP contribution in [0.1, 0.15) is 13.8 Å². The highest BCUT2D eigenvalue weighted by Gasteiger charge is 2.38. The molecule has 0 aliphatic carbocycles. The Morgan fingerprint density at radius 1 is 1.27 bits per heavy atom. The average molecular weight is 418 g/mol. The molecule has 0 bridgehead atoms. The third-order valence-electron chi connectivity index (χ3n) is 2.64. The maximum Gasteiger partial charge on any atom is 0.350 e. The predicted octanol–water partition coefficient (Wildman–Crippen LogP) is 2.33. The number of nitro groups is 1. The summed E-state index contributed by atoms with van der Waals surface area (Å²) in [6.07, 6.45) is 1.10. The highest BCUT2D eigenvalue weighted by Crippen LogP contribution is 2.26. The van der Waals surface area contributed by atoms with Crippen molar-refractivity contribution in [2.45, 2.75) is 19.6 Å². The summed E-state index contributed by atoms with van der Waals surface area (Å²) in [5.41, 5.74) is -0.0514. The van der Waals surface area contributed by atoms with E-state index in [1.807, 2.05) is 22.6 Å². The Morgan fingerprint density at radius 2 is 1.86 bits per heavy atom. The van der Waals surface area contributed by atoms with Crippen LogP contribution in [0.5, 0.6) is 0 Å². The summed E-state index contributed by atoms with van der Waals surface area (Å²) in [6.45, 7) is 2.88. The van der Waals surface area contributed by atoms with E-state index in [1.54, 1.807) is 12.1 Å². The fourth-order valence-corrected chi connectivity index (χ4v) is 2.21. The van der Waals surface area contributed by atoms with Gasteiger partial charge in [-0.05, 0) is 34.7 Å². The summed E-state index contributed by atoms with van der Waals surface area (Å²) in [6, 6.07) is 4.41. The summed E-state index contributed by atoms with van der Waals surface area (Å²) in [4.78, 5) is 33.8. The minimum atomic E-state index is -1.31. The Kier molecular flexibility index (Phi) is 4.35. The Hall–Kier alpha value is -2.17. The number of esters is 2. The molecule has 1 aliphatic heterocycles. The number of hydrogen-bond acceptors (Lipinski definition) is 7. The number of anilines is 1. The maximum atomic E-state index is 11.7. The number of cyclic esters (lactones) is 2. The molecular weight excluding hydrogens is 407 g/mol. The molecule has 1 aliphatic rings. The molecule has 0 saturated carbocycles. The number of nitrogens with one attached hydrogen (secondary N) is 1. The van der Waals surface area contributed by atoms with E-state index in [0.29, 0.717) is 9.26 Å². The van der Waals surface area contributed by atoms with E-state index in [0.717, 1.165) is 6.20 Å². The number of carbonyl (C=O) groups excluding carboxylic acids is 2. The van der Waals surface area contributed by atoms with Gasteiger partial charge in [0, 0.05) is 31.8 Å². The molecule has 0 aromatic heterocycles. The number of halogens is 1. The highest BCUT2D eigenvalue weighted by atomic mass is 127. The van der Waals surface area contributed by atoms with Crippen molar-refractivity contribution >= 4 is 45.9 Å². The lowest BCUT2D eigenvalue weighted by Gasteiger charge is -2.29. The summed E-state index contributed by atoms with van der Waals surface area (Å²) in [5.74, 6) is -2.96. The van der Waals surface area contributed by atoms with E-state index in [1.165, 1.54) is 19.9 Å². The monoisotopic (exact) mass is 418 g/mol. The van der Waals surface area contributed by atoms with Crippen molar-refractivity contribution in [2.24, 2.45) is 0 Å². The zero-order valence-electron chi connectivity index (χ0n) is 11.6.